The van der Waals surface area contributed by atoms with Gasteiger partial charge in [-0.05, 0) is 10.5 Å². The summed E-state index contributed by atoms with van der Waals surface area (Å²) in [5.41, 5.74) is 0.452. The van der Waals surface area contributed by atoms with E-state index in [0.717, 1.165) is 0 Å². The van der Waals surface area contributed by atoms with Crippen molar-refractivity contribution in [2.75, 3.05) is 0 Å². The van der Waals surface area contributed by atoms with Gasteiger partial charge in [0.05, 0.1) is 24.2 Å². The summed E-state index contributed by atoms with van der Waals surface area (Å²) in [4.78, 5) is 0. The van der Waals surface area contributed by atoms with E-state index >= 15 is 0 Å². The fourth-order valence-corrected chi connectivity index (χ4v) is 18.2. The molecule has 0 saturated carbocycles. The molecule has 2 aromatic carbocycles. The first-order valence-corrected chi connectivity index (χ1v) is 23.4. The maximum atomic E-state index is 2.67. The van der Waals surface area contributed by atoms with Gasteiger partial charge in [0.2, 0.25) is 0 Å². The van der Waals surface area contributed by atoms with Crippen molar-refractivity contribution in [2.24, 2.45) is 5.41 Å². The number of rotatable bonds is 13. The molecule has 0 spiro atoms. The van der Waals surface area contributed by atoms with Crippen LogP contribution in [0.5, 0.6) is 0 Å². The summed E-state index contributed by atoms with van der Waals surface area (Å²) in [6, 6.07) is 25.9. The Morgan fingerprint density at radius 2 is 1.09 bits per heavy atom. The second kappa shape index (κ2) is 11.6. The third-order valence-corrected chi connectivity index (χ3v) is 24.4. The van der Waals surface area contributed by atoms with Crippen LogP contribution in [0.3, 0.4) is 0 Å². The Bertz CT molecular complexity index is 908. The molecule has 0 aromatic heterocycles. The average Bonchev–Trinajstić information content (AvgIpc) is 2.86. The maximum Gasteiger partial charge on any atom is 0.0864 e. The minimum atomic E-state index is -1.53. The van der Waals surface area contributed by atoms with Crippen LogP contribution in [-0.4, -0.2) is 24.2 Å². The predicted octanol–water partition coefficient (Wildman–Crippen LogP) is 8.91. The zero-order valence-corrected chi connectivity index (χ0v) is 28.1. The lowest BCUT2D eigenvalue weighted by atomic mass is 9.87. The van der Waals surface area contributed by atoms with E-state index in [1.54, 1.807) is 15.6 Å². The van der Waals surface area contributed by atoms with Gasteiger partial charge in [0.25, 0.3) is 0 Å². The van der Waals surface area contributed by atoms with Gasteiger partial charge in [0.15, 0.2) is 0 Å². The van der Waals surface area contributed by atoms with E-state index in [1.165, 1.54) is 43.8 Å². The van der Waals surface area contributed by atoms with Gasteiger partial charge < -0.3 is 0 Å². The molecular weight excluding hydrogens is 469 g/mol. The van der Waals surface area contributed by atoms with Crippen LogP contribution < -0.4 is 15.6 Å². The molecule has 0 saturated heterocycles. The third kappa shape index (κ3) is 7.11. The lowest BCUT2D eigenvalue weighted by molar-refractivity contribution is 0.336. The molecule has 0 aliphatic carbocycles. The van der Waals surface area contributed by atoms with Crippen LogP contribution in [0.1, 0.15) is 67.2 Å². The van der Waals surface area contributed by atoms with E-state index in [1.807, 2.05) is 0 Å². The quantitative estimate of drug-likeness (QED) is 0.229. The Kier molecular flexibility index (Phi) is 10.1. The number of benzene rings is 2. The monoisotopic (exact) mass is 524 g/mol. The van der Waals surface area contributed by atoms with Crippen LogP contribution in [0.25, 0.3) is 0 Å². The standard InChI is InChI=1S/C32H56Si3/c1-12-31(4,5)24-25-35(11,30-18-16-15-17-19-30)27-26-33(7,8)28-20-22-29(23-21-28)34(9,10)32(6,13-2)14-3/h15-23H,12-14,24-27H2,1-11H3. The SMILES string of the molecule is CCC(C)(C)CC[Si](C)(CC[Si](C)(C)c1ccc([Si](C)(C)C(C)(CC)CC)cc1)c1ccccc1. The fraction of sp³-hybridized carbons (Fsp3) is 0.625. The van der Waals surface area contributed by atoms with Crippen LogP contribution in [0.15, 0.2) is 54.6 Å². The minimum absolute atomic E-state index is 0.452. The van der Waals surface area contributed by atoms with Gasteiger partial charge in [0.1, 0.15) is 0 Å². The molecule has 2 rings (SSSR count). The summed E-state index contributed by atoms with van der Waals surface area (Å²) >= 11 is 0. The van der Waals surface area contributed by atoms with E-state index in [9.17, 15) is 0 Å². The third-order valence-electron chi connectivity index (χ3n) is 10.5. The lowest BCUT2D eigenvalue weighted by Crippen LogP contribution is -2.52. The van der Waals surface area contributed by atoms with Crippen LogP contribution in [-0.2, 0) is 0 Å². The Labute approximate surface area is 222 Å². The molecule has 35 heavy (non-hydrogen) atoms. The summed E-state index contributed by atoms with van der Waals surface area (Å²) < 4.78 is 0. The highest BCUT2D eigenvalue weighted by Gasteiger charge is 2.41. The average molecular weight is 525 g/mol. The highest BCUT2D eigenvalue weighted by Crippen LogP contribution is 2.43. The van der Waals surface area contributed by atoms with Gasteiger partial charge >= 0.3 is 0 Å². The molecule has 0 nitrogen and oxygen atoms in total. The predicted molar refractivity (Wildman–Crippen MR) is 170 cm³/mol. The maximum absolute atomic E-state index is 2.67. The Hall–Kier alpha value is -0.909. The van der Waals surface area contributed by atoms with Crippen LogP contribution in [0.4, 0.5) is 0 Å². The first-order chi connectivity index (χ1) is 16.2. The van der Waals surface area contributed by atoms with Crippen molar-refractivity contribution >= 4 is 39.8 Å². The molecule has 0 N–H and O–H groups in total. The second-order valence-corrected chi connectivity index (χ2v) is 28.4. The second-order valence-electron chi connectivity index (χ2n) is 13.8. The smallest absolute Gasteiger partial charge is 0.0654 e. The summed E-state index contributed by atoms with van der Waals surface area (Å²) in [6.07, 6.45) is 5.18. The van der Waals surface area contributed by atoms with Crippen molar-refractivity contribution in [3.8, 4) is 0 Å². The van der Waals surface area contributed by atoms with Gasteiger partial charge in [-0.25, -0.2) is 0 Å². The van der Waals surface area contributed by atoms with Crippen molar-refractivity contribution in [1.29, 1.82) is 0 Å². The van der Waals surface area contributed by atoms with E-state index in [0.29, 0.717) is 10.5 Å². The van der Waals surface area contributed by atoms with Crippen molar-refractivity contribution in [3.05, 3.63) is 54.6 Å². The van der Waals surface area contributed by atoms with Crippen LogP contribution in [0.2, 0.25) is 55.9 Å². The topological polar surface area (TPSA) is 0 Å². The molecule has 1 unspecified atom stereocenters. The van der Waals surface area contributed by atoms with E-state index in [-0.39, 0.29) is 0 Å². The molecule has 0 heterocycles. The fourth-order valence-electron chi connectivity index (χ4n) is 5.60. The molecule has 1 atom stereocenters. The lowest BCUT2D eigenvalue weighted by Gasteiger charge is -2.42. The molecule has 3 heteroatoms. The first kappa shape index (κ1) is 30.3. The molecule has 2 aromatic rings. The summed E-state index contributed by atoms with van der Waals surface area (Å²) in [5.74, 6) is 0. The Morgan fingerprint density at radius 1 is 0.571 bits per heavy atom. The van der Waals surface area contributed by atoms with Gasteiger partial charge in [-0.15, -0.1) is 0 Å². The minimum Gasteiger partial charge on any atom is -0.0654 e. The zero-order valence-electron chi connectivity index (χ0n) is 25.1. The highest BCUT2D eigenvalue weighted by molar-refractivity contribution is 6.95. The van der Waals surface area contributed by atoms with E-state index in [4.69, 9.17) is 0 Å². The molecule has 0 fully saturated rings. The van der Waals surface area contributed by atoms with E-state index < -0.39 is 24.2 Å². The highest BCUT2D eigenvalue weighted by atomic mass is 28.3. The molecule has 0 aliphatic rings. The Balaban J connectivity index is 2.25. The largest absolute Gasteiger partial charge is 0.0864 e. The summed E-state index contributed by atoms with van der Waals surface area (Å²) in [6.45, 7) is 27.7. The zero-order chi connectivity index (χ0) is 26.5. The van der Waals surface area contributed by atoms with E-state index in [2.05, 4.69) is 129 Å². The van der Waals surface area contributed by atoms with Crippen molar-refractivity contribution in [1.82, 2.24) is 0 Å². The van der Waals surface area contributed by atoms with Crippen molar-refractivity contribution < 1.29 is 0 Å². The van der Waals surface area contributed by atoms with Gasteiger partial charge in [-0.2, -0.15) is 0 Å². The van der Waals surface area contributed by atoms with Gasteiger partial charge in [-0.3, -0.25) is 0 Å². The van der Waals surface area contributed by atoms with Gasteiger partial charge in [0, 0.05) is 0 Å². The van der Waals surface area contributed by atoms with Crippen molar-refractivity contribution in [3.63, 3.8) is 0 Å². The number of hydrogen-bond donors (Lipinski definition) is 0. The van der Waals surface area contributed by atoms with Gasteiger partial charge in [-0.1, -0.05) is 188 Å². The molecule has 196 valence electrons. The normalized spacial score (nSPS) is 15.2. The summed E-state index contributed by atoms with van der Waals surface area (Å²) in [5, 5.41) is 5.43. The molecule has 0 amide bonds. The molecular formula is C32H56Si3. The van der Waals surface area contributed by atoms with Crippen LogP contribution in [0, 0.1) is 5.41 Å². The van der Waals surface area contributed by atoms with Crippen molar-refractivity contribution in [2.45, 2.75) is 123 Å². The first-order valence-electron chi connectivity index (χ1n) is 14.3. The van der Waals surface area contributed by atoms with Crippen LogP contribution >= 0.6 is 0 Å². The summed E-state index contributed by atoms with van der Waals surface area (Å²) in [7, 11) is -4.55. The molecule has 0 radical (unpaired) electrons. The molecule has 0 aliphatic heterocycles. The number of hydrogen-bond acceptors (Lipinski definition) is 0. The molecule has 0 bridgehead atoms. The Morgan fingerprint density at radius 3 is 1.57 bits per heavy atom.